The maximum atomic E-state index is 12.0. The van der Waals surface area contributed by atoms with E-state index in [4.69, 9.17) is 4.74 Å². The van der Waals surface area contributed by atoms with Crippen LogP contribution < -0.4 is 5.32 Å². The molecule has 0 saturated carbocycles. The van der Waals surface area contributed by atoms with Gasteiger partial charge < -0.3 is 15.0 Å². The summed E-state index contributed by atoms with van der Waals surface area (Å²) in [5, 5.41) is 3.29. The highest BCUT2D eigenvalue weighted by Gasteiger charge is 2.16. The predicted octanol–water partition coefficient (Wildman–Crippen LogP) is 0.555. The van der Waals surface area contributed by atoms with Gasteiger partial charge in [0.05, 0.1) is 12.1 Å². The molecule has 0 aromatic carbocycles. The Morgan fingerprint density at radius 1 is 1.32 bits per heavy atom. The summed E-state index contributed by atoms with van der Waals surface area (Å²) in [5.41, 5.74) is -0.0939. The van der Waals surface area contributed by atoms with Crippen LogP contribution in [-0.4, -0.2) is 74.2 Å². The van der Waals surface area contributed by atoms with Crippen LogP contribution in [0.25, 0.3) is 0 Å². The molecule has 1 aliphatic heterocycles. The Kier molecular flexibility index (Phi) is 6.75. The molecule has 19 heavy (non-hydrogen) atoms. The van der Waals surface area contributed by atoms with Crippen LogP contribution in [0.3, 0.4) is 0 Å². The molecule has 0 spiro atoms. The molecule has 1 heterocycles. The van der Waals surface area contributed by atoms with Gasteiger partial charge in [0, 0.05) is 46.4 Å². The third kappa shape index (κ3) is 7.50. The third-order valence-electron chi connectivity index (χ3n) is 3.17. The zero-order valence-electron chi connectivity index (χ0n) is 12.9. The second kappa shape index (κ2) is 7.82. The van der Waals surface area contributed by atoms with Gasteiger partial charge in [0.2, 0.25) is 5.91 Å². The molecule has 112 valence electrons. The Balaban J connectivity index is 2.14. The van der Waals surface area contributed by atoms with Crippen molar-refractivity contribution >= 4 is 5.91 Å². The van der Waals surface area contributed by atoms with Crippen molar-refractivity contribution in [2.24, 2.45) is 0 Å². The fourth-order valence-electron chi connectivity index (χ4n) is 1.99. The predicted molar refractivity (Wildman–Crippen MR) is 77.3 cm³/mol. The second-order valence-corrected chi connectivity index (χ2v) is 6.16. The molecule has 5 nitrogen and oxygen atoms in total. The highest BCUT2D eigenvalue weighted by Crippen LogP contribution is 2.07. The van der Waals surface area contributed by atoms with Crippen molar-refractivity contribution in [3.05, 3.63) is 0 Å². The number of hydrogen-bond donors (Lipinski definition) is 1. The Labute approximate surface area is 117 Å². The molecule has 1 fully saturated rings. The van der Waals surface area contributed by atoms with Crippen LogP contribution in [-0.2, 0) is 9.53 Å². The summed E-state index contributed by atoms with van der Waals surface area (Å²) >= 11 is 0. The van der Waals surface area contributed by atoms with Crippen LogP contribution >= 0.6 is 0 Å². The number of likely N-dealkylation sites (N-methyl/N-ethyl adjacent to an activating group) is 1. The van der Waals surface area contributed by atoms with E-state index < -0.39 is 0 Å². The first-order chi connectivity index (χ1) is 8.88. The van der Waals surface area contributed by atoms with E-state index >= 15 is 0 Å². The maximum absolute atomic E-state index is 12.0. The van der Waals surface area contributed by atoms with Crippen LogP contribution in [0.2, 0.25) is 0 Å². The summed E-state index contributed by atoms with van der Waals surface area (Å²) in [6.45, 7) is 12.0. The average Bonchev–Trinajstić information content (AvgIpc) is 2.34. The molecule has 0 unspecified atom stereocenters. The van der Waals surface area contributed by atoms with E-state index in [1.165, 1.54) is 0 Å². The van der Waals surface area contributed by atoms with E-state index in [9.17, 15) is 4.79 Å². The van der Waals surface area contributed by atoms with Gasteiger partial charge in [-0.25, -0.2) is 0 Å². The standard InChI is InChI=1S/C14H29N3O2/c1-14(2,3)19-11-5-8-16(4)13(18)12-17-9-6-15-7-10-17/h15H,5-12H2,1-4H3. The van der Waals surface area contributed by atoms with Gasteiger partial charge in [-0.2, -0.15) is 0 Å². The Morgan fingerprint density at radius 3 is 2.53 bits per heavy atom. The SMILES string of the molecule is CN(CCCOC(C)(C)C)C(=O)CN1CCNCC1. The van der Waals surface area contributed by atoms with Gasteiger partial charge in [0.1, 0.15) is 0 Å². The van der Waals surface area contributed by atoms with Crippen molar-refractivity contribution in [3.63, 3.8) is 0 Å². The summed E-state index contributed by atoms with van der Waals surface area (Å²) in [7, 11) is 1.88. The minimum atomic E-state index is -0.0939. The van der Waals surface area contributed by atoms with Crippen LogP contribution in [0, 0.1) is 0 Å². The lowest BCUT2D eigenvalue weighted by molar-refractivity contribution is -0.131. The minimum Gasteiger partial charge on any atom is -0.376 e. The maximum Gasteiger partial charge on any atom is 0.236 e. The molecule has 0 aromatic rings. The van der Waals surface area contributed by atoms with E-state index in [-0.39, 0.29) is 11.5 Å². The van der Waals surface area contributed by atoms with Gasteiger partial charge in [-0.15, -0.1) is 0 Å². The molecular weight excluding hydrogens is 242 g/mol. The topological polar surface area (TPSA) is 44.8 Å². The Morgan fingerprint density at radius 2 is 1.95 bits per heavy atom. The number of nitrogens with zero attached hydrogens (tertiary/aromatic N) is 2. The zero-order chi connectivity index (χ0) is 14.3. The quantitative estimate of drug-likeness (QED) is 0.717. The summed E-state index contributed by atoms with van der Waals surface area (Å²) < 4.78 is 5.65. The fraction of sp³-hybridized carbons (Fsp3) is 0.929. The van der Waals surface area contributed by atoms with Crippen molar-refractivity contribution in [1.29, 1.82) is 0 Å². The summed E-state index contributed by atoms with van der Waals surface area (Å²) in [4.78, 5) is 16.0. The van der Waals surface area contributed by atoms with Gasteiger partial charge in [0.15, 0.2) is 0 Å². The Hall–Kier alpha value is -0.650. The molecule has 0 bridgehead atoms. The number of carbonyl (C=O) groups excluding carboxylic acids is 1. The lowest BCUT2D eigenvalue weighted by Crippen LogP contribution is -2.48. The molecule has 1 aliphatic rings. The van der Waals surface area contributed by atoms with Gasteiger partial charge in [-0.05, 0) is 27.2 Å². The normalized spacial score (nSPS) is 17.5. The first kappa shape index (κ1) is 16.4. The van der Waals surface area contributed by atoms with Gasteiger partial charge in [-0.3, -0.25) is 9.69 Å². The van der Waals surface area contributed by atoms with Crippen molar-refractivity contribution in [2.45, 2.75) is 32.8 Å². The monoisotopic (exact) mass is 271 g/mol. The number of nitrogens with one attached hydrogen (secondary N) is 1. The summed E-state index contributed by atoms with van der Waals surface area (Å²) in [6.07, 6.45) is 0.890. The number of carbonyl (C=O) groups is 1. The summed E-state index contributed by atoms with van der Waals surface area (Å²) in [5.74, 6) is 0.206. The van der Waals surface area contributed by atoms with E-state index in [0.29, 0.717) is 13.2 Å². The van der Waals surface area contributed by atoms with E-state index in [2.05, 4.69) is 10.2 Å². The highest BCUT2D eigenvalue weighted by molar-refractivity contribution is 5.77. The largest absolute Gasteiger partial charge is 0.376 e. The van der Waals surface area contributed by atoms with Crippen LogP contribution in [0.15, 0.2) is 0 Å². The second-order valence-electron chi connectivity index (χ2n) is 6.16. The van der Waals surface area contributed by atoms with Crippen molar-refractivity contribution in [1.82, 2.24) is 15.1 Å². The number of hydrogen-bond acceptors (Lipinski definition) is 4. The molecule has 1 N–H and O–H groups in total. The van der Waals surface area contributed by atoms with E-state index in [0.717, 1.165) is 39.1 Å². The lowest BCUT2D eigenvalue weighted by Gasteiger charge is -2.28. The number of amides is 1. The number of piperazine rings is 1. The highest BCUT2D eigenvalue weighted by atomic mass is 16.5. The van der Waals surface area contributed by atoms with Gasteiger partial charge in [-0.1, -0.05) is 0 Å². The van der Waals surface area contributed by atoms with Gasteiger partial charge >= 0.3 is 0 Å². The van der Waals surface area contributed by atoms with Crippen molar-refractivity contribution in [3.8, 4) is 0 Å². The lowest BCUT2D eigenvalue weighted by atomic mass is 10.2. The van der Waals surface area contributed by atoms with Crippen LogP contribution in [0.5, 0.6) is 0 Å². The van der Waals surface area contributed by atoms with Crippen molar-refractivity contribution < 1.29 is 9.53 Å². The summed E-state index contributed by atoms with van der Waals surface area (Å²) in [6, 6.07) is 0. The molecule has 5 heteroatoms. The molecule has 0 atom stereocenters. The molecule has 0 radical (unpaired) electrons. The van der Waals surface area contributed by atoms with Crippen LogP contribution in [0.4, 0.5) is 0 Å². The first-order valence-corrected chi connectivity index (χ1v) is 7.19. The molecule has 0 aromatic heterocycles. The minimum absolute atomic E-state index is 0.0939. The third-order valence-corrected chi connectivity index (χ3v) is 3.17. The number of ether oxygens (including phenoxy) is 1. The zero-order valence-corrected chi connectivity index (χ0v) is 12.9. The average molecular weight is 271 g/mol. The first-order valence-electron chi connectivity index (χ1n) is 7.19. The molecule has 1 amide bonds. The molecular formula is C14H29N3O2. The van der Waals surface area contributed by atoms with E-state index in [1.54, 1.807) is 0 Å². The fourth-order valence-corrected chi connectivity index (χ4v) is 1.99. The van der Waals surface area contributed by atoms with Crippen molar-refractivity contribution in [2.75, 3.05) is 52.9 Å². The molecule has 1 rings (SSSR count). The molecule has 1 saturated heterocycles. The van der Waals surface area contributed by atoms with E-state index in [1.807, 2.05) is 32.7 Å². The molecule has 0 aliphatic carbocycles. The number of rotatable bonds is 6. The van der Waals surface area contributed by atoms with Crippen LogP contribution in [0.1, 0.15) is 27.2 Å². The van der Waals surface area contributed by atoms with Gasteiger partial charge in [0.25, 0.3) is 0 Å². The smallest absolute Gasteiger partial charge is 0.236 e. The Bertz CT molecular complexity index is 270.